The van der Waals surface area contributed by atoms with Crippen LogP contribution in [0.15, 0.2) is 0 Å². The second-order valence-corrected chi connectivity index (χ2v) is 4.12. The molecule has 0 aromatic heterocycles. The first kappa shape index (κ1) is 8.24. The number of rotatable bonds is 4. The summed E-state index contributed by atoms with van der Waals surface area (Å²) in [5, 5.41) is 0. The van der Waals surface area contributed by atoms with Gasteiger partial charge in [-0.25, -0.2) is 0 Å². The van der Waals surface area contributed by atoms with E-state index in [0.717, 1.165) is 38.4 Å². The van der Waals surface area contributed by atoms with Crippen molar-refractivity contribution in [1.82, 2.24) is 0 Å². The summed E-state index contributed by atoms with van der Waals surface area (Å²) in [5.74, 6) is 1.75. The molecule has 1 aliphatic heterocycles. The number of carbonyl (C=O) groups excluding carboxylic acids is 1. The van der Waals surface area contributed by atoms with Gasteiger partial charge in [0.1, 0.15) is 5.78 Å². The predicted octanol–water partition coefficient (Wildman–Crippen LogP) is 1.78. The fourth-order valence-corrected chi connectivity index (χ4v) is 1.79. The largest absolute Gasteiger partial charge is 0.381 e. The summed E-state index contributed by atoms with van der Waals surface area (Å²) in [6.45, 7) is 1.68. The normalized spacial score (nSPS) is 29.2. The Bertz CT molecular complexity index is 167. The number of hydrogen-bond acceptors (Lipinski definition) is 2. The van der Waals surface area contributed by atoms with Gasteiger partial charge in [-0.15, -0.1) is 0 Å². The van der Waals surface area contributed by atoms with Crippen LogP contribution in [-0.2, 0) is 9.53 Å². The zero-order valence-corrected chi connectivity index (χ0v) is 7.42. The van der Waals surface area contributed by atoms with Crippen LogP contribution >= 0.6 is 0 Å². The van der Waals surface area contributed by atoms with E-state index in [1.165, 1.54) is 12.8 Å². The first-order valence-electron chi connectivity index (χ1n) is 4.94. The Hall–Kier alpha value is -0.370. The molecule has 0 bridgehead atoms. The maximum absolute atomic E-state index is 11.4. The Kier molecular flexibility index (Phi) is 2.45. The molecule has 2 aliphatic rings. The van der Waals surface area contributed by atoms with Gasteiger partial charge in [0.15, 0.2) is 0 Å². The molecule has 1 heterocycles. The third-order valence-corrected chi connectivity index (χ3v) is 2.75. The van der Waals surface area contributed by atoms with E-state index in [2.05, 4.69) is 0 Å². The molecule has 2 nitrogen and oxygen atoms in total. The quantitative estimate of drug-likeness (QED) is 0.639. The fraction of sp³-hybridized carbons (Fsp3) is 0.900. The zero-order chi connectivity index (χ0) is 8.39. The summed E-state index contributed by atoms with van der Waals surface area (Å²) >= 11 is 0. The van der Waals surface area contributed by atoms with Gasteiger partial charge in [0.2, 0.25) is 0 Å². The fourth-order valence-electron chi connectivity index (χ4n) is 1.79. The summed E-state index contributed by atoms with van der Waals surface area (Å²) in [4.78, 5) is 11.4. The van der Waals surface area contributed by atoms with Gasteiger partial charge in [-0.1, -0.05) is 0 Å². The minimum absolute atomic E-state index is 0.466. The Morgan fingerprint density at radius 3 is 2.50 bits per heavy atom. The topological polar surface area (TPSA) is 26.3 Å². The van der Waals surface area contributed by atoms with Crippen molar-refractivity contribution in [3.63, 3.8) is 0 Å². The molecule has 0 aromatic carbocycles. The molecule has 0 spiro atoms. The predicted molar refractivity (Wildman–Crippen MR) is 45.9 cm³/mol. The lowest BCUT2D eigenvalue weighted by Crippen LogP contribution is -2.08. The van der Waals surface area contributed by atoms with Crippen molar-refractivity contribution >= 4 is 5.78 Å². The summed E-state index contributed by atoms with van der Waals surface area (Å²) in [6.07, 6.45) is 5.28. The molecule has 0 radical (unpaired) electrons. The minimum Gasteiger partial charge on any atom is -0.381 e. The molecule has 0 N–H and O–H groups in total. The molecule has 2 heteroatoms. The Morgan fingerprint density at radius 2 is 1.92 bits per heavy atom. The highest BCUT2D eigenvalue weighted by Crippen LogP contribution is 2.33. The molecule has 1 atom stereocenters. The van der Waals surface area contributed by atoms with Crippen LogP contribution < -0.4 is 0 Å². The van der Waals surface area contributed by atoms with Crippen molar-refractivity contribution in [2.75, 3.05) is 13.2 Å². The SMILES string of the molecule is O=C(CC1CC1)CC1CCOC1. The third kappa shape index (κ3) is 2.31. The molecule has 1 saturated heterocycles. The van der Waals surface area contributed by atoms with Gasteiger partial charge in [-0.05, 0) is 31.1 Å². The average Bonchev–Trinajstić information content (AvgIpc) is 2.66. The zero-order valence-electron chi connectivity index (χ0n) is 7.42. The van der Waals surface area contributed by atoms with Gasteiger partial charge in [0.05, 0.1) is 0 Å². The number of ketones is 1. The van der Waals surface area contributed by atoms with E-state index in [-0.39, 0.29) is 0 Å². The number of ether oxygens (including phenoxy) is 1. The molecule has 0 aromatic rings. The van der Waals surface area contributed by atoms with E-state index in [1.807, 2.05) is 0 Å². The molecule has 12 heavy (non-hydrogen) atoms. The second-order valence-electron chi connectivity index (χ2n) is 4.12. The maximum atomic E-state index is 11.4. The Labute approximate surface area is 73.3 Å². The molecule has 1 unspecified atom stereocenters. The van der Waals surface area contributed by atoms with Gasteiger partial charge in [0.25, 0.3) is 0 Å². The van der Waals surface area contributed by atoms with Crippen LogP contribution in [0.5, 0.6) is 0 Å². The first-order valence-corrected chi connectivity index (χ1v) is 4.94. The van der Waals surface area contributed by atoms with Crippen LogP contribution in [0.1, 0.15) is 32.1 Å². The van der Waals surface area contributed by atoms with Crippen molar-refractivity contribution in [1.29, 1.82) is 0 Å². The second kappa shape index (κ2) is 3.56. The van der Waals surface area contributed by atoms with E-state index in [1.54, 1.807) is 0 Å². The molecule has 68 valence electrons. The molecule has 2 fully saturated rings. The van der Waals surface area contributed by atoms with Gasteiger partial charge in [-0.2, -0.15) is 0 Å². The van der Waals surface area contributed by atoms with E-state index >= 15 is 0 Å². The van der Waals surface area contributed by atoms with Crippen LogP contribution in [-0.4, -0.2) is 19.0 Å². The highest BCUT2D eigenvalue weighted by Gasteiger charge is 2.26. The standard InChI is InChI=1S/C10H16O2/c11-10(5-8-1-2-8)6-9-3-4-12-7-9/h8-9H,1-7H2. The van der Waals surface area contributed by atoms with E-state index in [4.69, 9.17) is 4.74 Å². The highest BCUT2D eigenvalue weighted by atomic mass is 16.5. The van der Waals surface area contributed by atoms with Crippen molar-refractivity contribution in [2.45, 2.75) is 32.1 Å². The van der Waals surface area contributed by atoms with Crippen molar-refractivity contribution in [3.8, 4) is 0 Å². The van der Waals surface area contributed by atoms with Gasteiger partial charge >= 0.3 is 0 Å². The third-order valence-electron chi connectivity index (χ3n) is 2.75. The summed E-state index contributed by atoms with van der Waals surface area (Å²) in [5.41, 5.74) is 0. The highest BCUT2D eigenvalue weighted by molar-refractivity contribution is 5.79. The monoisotopic (exact) mass is 168 g/mol. The lowest BCUT2D eigenvalue weighted by molar-refractivity contribution is -0.120. The smallest absolute Gasteiger partial charge is 0.133 e. The van der Waals surface area contributed by atoms with Gasteiger partial charge in [0, 0.05) is 26.1 Å². The van der Waals surface area contributed by atoms with Crippen molar-refractivity contribution < 1.29 is 9.53 Å². The Morgan fingerprint density at radius 1 is 1.17 bits per heavy atom. The molecular weight excluding hydrogens is 152 g/mol. The van der Waals surface area contributed by atoms with Crippen molar-refractivity contribution in [2.24, 2.45) is 11.8 Å². The molecule has 0 amide bonds. The van der Waals surface area contributed by atoms with Crippen LogP contribution in [0.2, 0.25) is 0 Å². The molecule has 2 rings (SSSR count). The van der Waals surface area contributed by atoms with Crippen LogP contribution in [0.3, 0.4) is 0 Å². The summed E-state index contributed by atoms with van der Waals surface area (Å²) in [6, 6.07) is 0. The molecule has 1 aliphatic carbocycles. The maximum Gasteiger partial charge on any atom is 0.133 e. The van der Waals surface area contributed by atoms with Crippen LogP contribution in [0.4, 0.5) is 0 Å². The lowest BCUT2D eigenvalue weighted by atomic mass is 9.99. The Balaban J connectivity index is 1.66. The minimum atomic E-state index is 0.466. The number of carbonyl (C=O) groups is 1. The van der Waals surface area contributed by atoms with Gasteiger partial charge < -0.3 is 4.74 Å². The first-order chi connectivity index (χ1) is 5.84. The number of Topliss-reactive ketones (excluding diaryl/α,β-unsaturated/α-hetero) is 1. The van der Waals surface area contributed by atoms with Crippen LogP contribution in [0, 0.1) is 11.8 Å². The number of hydrogen-bond donors (Lipinski definition) is 0. The summed E-state index contributed by atoms with van der Waals surface area (Å²) < 4.78 is 5.23. The summed E-state index contributed by atoms with van der Waals surface area (Å²) in [7, 11) is 0. The van der Waals surface area contributed by atoms with Crippen molar-refractivity contribution in [3.05, 3.63) is 0 Å². The van der Waals surface area contributed by atoms with Gasteiger partial charge in [-0.3, -0.25) is 4.79 Å². The van der Waals surface area contributed by atoms with E-state index in [0.29, 0.717) is 11.7 Å². The van der Waals surface area contributed by atoms with E-state index in [9.17, 15) is 4.79 Å². The molecular formula is C10H16O2. The lowest BCUT2D eigenvalue weighted by Gasteiger charge is -2.04. The van der Waals surface area contributed by atoms with E-state index < -0.39 is 0 Å². The molecule has 1 saturated carbocycles. The average molecular weight is 168 g/mol. The van der Waals surface area contributed by atoms with Crippen LogP contribution in [0.25, 0.3) is 0 Å².